The van der Waals surface area contributed by atoms with E-state index in [4.69, 9.17) is 0 Å². The largest absolute Gasteiger partial charge is 0.298 e. The molecule has 0 aromatic carbocycles. The highest BCUT2D eigenvalue weighted by molar-refractivity contribution is 7.99. The van der Waals surface area contributed by atoms with E-state index in [0.717, 1.165) is 24.3 Å². The van der Waals surface area contributed by atoms with Crippen molar-refractivity contribution in [3.8, 4) is 0 Å². The van der Waals surface area contributed by atoms with E-state index in [9.17, 15) is 0 Å². The molecule has 18 heavy (non-hydrogen) atoms. The Hall–Kier alpha value is -0.480. The van der Waals surface area contributed by atoms with Crippen LogP contribution in [0.1, 0.15) is 37.4 Å². The van der Waals surface area contributed by atoms with E-state index >= 15 is 0 Å². The summed E-state index contributed by atoms with van der Waals surface area (Å²) in [6.45, 7) is 3.23. The van der Waals surface area contributed by atoms with Crippen molar-refractivity contribution < 1.29 is 0 Å². The van der Waals surface area contributed by atoms with Crippen molar-refractivity contribution in [1.82, 2.24) is 14.7 Å². The van der Waals surface area contributed by atoms with Crippen LogP contribution in [-0.2, 0) is 20.0 Å². The number of hydrogen-bond donors (Lipinski definition) is 0. The molecule has 1 heterocycles. The Kier molecular flexibility index (Phi) is 4.73. The molecule has 0 saturated heterocycles. The van der Waals surface area contributed by atoms with E-state index in [0.29, 0.717) is 0 Å². The smallest absolute Gasteiger partial charge is 0.0666 e. The maximum Gasteiger partial charge on any atom is 0.0666 e. The standard InChI is InChI=1S/C14H25N3S/c1-5-12-11(10-17(3)15-12)9-16(2)13-7-6-8-14(13)18-4/h10,13-14H,5-9H2,1-4H3/t13-,14+/m0/s1. The zero-order valence-electron chi connectivity index (χ0n) is 12.0. The van der Waals surface area contributed by atoms with Crippen LogP contribution in [0.2, 0.25) is 0 Å². The van der Waals surface area contributed by atoms with Gasteiger partial charge in [-0.2, -0.15) is 16.9 Å². The summed E-state index contributed by atoms with van der Waals surface area (Å²) in [5, 5.41) is 5.35. The van der Waals surface area contributed by atoms with Crippen LogP contribution in [0, 0.1) is 0 Å². The van der Waals surface area contributed by atoms with E-state index < -0.39 is 0 Å². The van der Waals surface area contributed by atoms with Crippen LogP contribution >= 0.6 is 11.8 Å². The molecule has 4 heteroatoms. The molecule has 0 radical (unpaired) electrons. The highest BCUT2D eigenvalue weighted by atomic mass is 32.2. The first-order chi connectivity index (χ1) is 8.65. The second kappa shape index (κ2) is 6.11. The fourth-order valence-corrected chi connectivity index (χ4v) is 4.15. The van der Waals surface area contributed by atoms with Crippen LogP contribution in [0.3, 0.4) is 0 Å². The number of nitrogens with zero attached hydrogens (tertiary/aromatic N) is 3. The van der Waals surface area contributed by atoms with Gasteiger partial charge in [0, 0.05) is 36.6 Å². The van der Waals surface area contributed by atoms with E-state index in [1.165, 1.54) is 30.5 Å². The molecule has 0 amide bonds. The predicted octanol–water partition coefficient (Wildman–Crippen LogP) is 2.70. The van der Waals surface area contributed by atoms with Gasteiger partial charge >= 0.3 is 0 Å². The highest BCUT2D eigenvalue weighted by Crippen LogP contribution is 2.32. The van der Waals surface area contributed by atoms with Crippen LogP contribution < -0.4 is 0 Å². The Morgan fingerprint density at radius 1 is 1.50 bits per heavy atom. The third kappa shape index (κ3) is 2.91. The van der Waals surface area contributed by atoms with Gasteiger partial charge in [-0.3, -0.25) is 9.58 Å². The topological polar surface area (TPSA) is 21.1 Å². The van der Waals surface area contributed by atoms with Gasteiger partial charge in [0.1, 0.15) is 0 Å². The SMILES string of the molecule is CCc1nn(C)cc1CN(C)[C@H]1CCC[C@H]1SC. The molecule has 0 unspecified atom stereocenters. The highest BCUT2D eigenvalue weighted by Gasteiger charge is 2.29. The summed E-state index contributed by atoms with van der Waals surface area (Å²) in [6, 6.07) is 0.741. The lowest BCUT2D eigenvalue weighted by Crippen LogP contribution is -2.35. The molecule has 1 aromatic heterocycles. The van der Waals surface area contributed by atoms with Gasteiger partial charge in [0.25, 0.3) is 0 Å². The minimum Gasteiger partial charge on any atom is -0.298 e. The lowest BCUT2D eigenvalue weighted by molar-refractivity contribution is 0.241. The number of thioether (sulfide) groups is 1. The zero-order valence-corrected chi connectivity index (χ0v) is 12.8. The summed E-state index contributed by atoms with van der Waals surface area (Å²) in [4.78, 5) is 2.53. The molecule has 0 N–H and O–H groups in total. The van der Waals surface area contributed by atoms with Gasteiger partial charge in [-0.25, -0.2) is 0 Å². The van der Waals surface area contributed by atoms with Crippen molar-refractivity contribution in [2.24, 2.45) is 7.05 Å². The second-order valence-electron chi connectivity index (χ2n) is 5.32. The minimum absolute atomic E-state index is 0.741. The summed E-state index contributed by atoms with van der Waals surface area (Å²) >= 11 is 2.03. The molecule has 0 aliphatic heterocycles. The molecular formula is C14H25N3S. The number of aryl methyl sites for hydroxylation is 2. The number of hydrogen-bond acceptors (Lipinski definition) is 3. The van der Waals surface area contributed by atoms with Crippen molar-refractivity contribution >= 4 is 11.8 Å². The minimum atomic E-state index is 0.741. The third-order valence-corrected chi connectivity index (χ3v) is 5.19. The van der Waals surface area contributed by atoms with Gasteiger partial charge in [0.05, 0.1) is 5.69 Å². The summed E-state index contributed by atoms with van der Waals surface area (Å²) in [6.07, 6.45) is 9.57. The molecule has 1 fully saturated rings. The van der Waals surface area contributed by atoms with Gasteiger partial charge in [-0.05, 0) is 32.6 Å². The summed E-state index contributed by atoms with van der Waals surface area (Å²) in [5.74, 6) is 0. The molecule has 0 spiro atoms. The lowest BCUT2D eigenvalue weighted by atomic mass is 10.1. The molecule has 2 rings (SSSR count). The molecule has 0 bridgehead atoms. The first-order valence-corrected chi connectivity index (χ1v) is 8.19. The third-order valence-electron chi connectivity index (χ3n) is 4.03. The van der Waals surface area contributed by atoms with Crippen molar-refractivity contribution in [3.63, 3.8) is 0 Å². The van der Waals surface area contributed by atoms with Gasteiger partial charge in [0.2, 0.25) is 0 Å². The van der Waals surface area contributed by atoms with Crippen LogP contribution in [0.25, 0.3) is 0 Å². The predicted molar refractivity (Wildman–Crippen MR) is 79.0 cm³/mol. The summed E-state index contributed by atoms with van der Waals surface area (Å²) in [7, 11) is 4.29. The Labute approximate surface area is 115 Å². The molecule has 3 nitrogen and oxygen atoms in total. The Balaban J connectivity index is 2.03. The van der Waals surface area contributed by atoms with E-state index in [2.05, 4.69) is 36.4 Å². The van der Waals surface area contributed by atoms with Crippen LogP contribution in [0.5, 0.6) is 0 Å². The van der Waals surface area contributed by atoms with Crippen LogP contribution in [0.15, 0.2) is 6.20 Å². The molecule has 2 atom stereocenters. The van der Waals surface area contributed by atoms with Gasteiger partial charge in [0.15, 0.2) is 0 Å². The first-order valence-electron chi connectivity index (χ1n) is 6.90. The van der Waals surface area contributed by atoms with E-state index in [1.807, 2.05) is 23.5 Å². The van der Waals surface area contributed by atoms with Crippen LogP contribution in [-0.4, -0.2) is 39.3 Å². The van der Waals surface area contributed by atoms with E-state index in [-0.39, 0.29) is 0 Å². The summed E-state index contributed by atoms with van der Waals surface area (Å²) < 4.78 is 1.95. The molecule has 1 aromatic rings. The van der Waals surface area contributed by atoms with Crippen molar-refractivity contribution in [2.75, 3.05) is 13.3 Å². The van der Waals surface area contributed by atoms with Crippen LogP contribution in [0.4, 0.5) is 0 Å². The lowest BCUT2D eigenvalue weighted by Gasteiger charge is -2.28. The maximum absolute atomic E-state index is 4.53. The maximum atomic E-state index is 4.53. The van der Waals surface area contributed by atoms with E-state index in [1.54, 1.807) is 0 Å². The van der Waals surface area contributed by atoms with Gasteiger partial charge in [-0.15, -0.1) is 0 Å². The van der Waals surface area contributed by atoms with Crippen molar-refractivity contribution in [1.29, 1.82) is 0 Å². The fraction of sp³-hybridized carbons (Fsp3) is 0.786. The fourth-order valence-electron chi connectivity index (χ4n) is 3.08. The average molecular weight is 267 g/mol. The first kappa shape index (κ1) is 13.9. The zero-order chi connectivity index (χ0) is 13.1. The molecule has 1 saturated carbocycles. The molecule has 1 aliphatic rings. The monoisotopic (exact) mass is 267 g/mol. The number of rotatable bonds is 5. The molecule has 1 aliphatic carbocycles. The van der Waals surface area contributed by atoms with Crippen molar-refractivity contribution in [2.45, 2.75) is 50.4 Å². The quantitative estimate of drug-likeness (QED) is 0.818. The molecular weight excluding hydrogens is 242 g/mol. The number of aromatic nitrogens is 2. The second-order valence-corrected chi connectivity index (χ2v) is 6.39. The van der Waals surface area contributed by atoms with Gasteiger partial charge < -0.3 is 0 Å². The Morgan fingerprint density at radius 2 is 2.28 bits per heavy atom. The normalized spacial score (nSPS) is 24.1. The molecule has 102 valence electrons. The summed E-state index contributed by atoms with van der Waals surface area (Å²) in [5.41, 5.74) is 2.65. The Bertz CT molecular complexity index is 388. The van der Waals surface area contributed by atoms with Crippen molar-refractivity contribution in [3.05, 3.63) is 17.5 Å². The Morgan fingerprint density at radius 3 is 2.94 bits per heavy atom. The van der Waals surface area contributed by atoms with Gasteiger partial charge in [-0.1, -0.05) is 13.3 Å². The average Bonchev–Trinajstić information content (AvgIpc) is 2.95.